The molecular weight excluding hydrogens is 682 g/mol. The predicted octanol–water partition coefficient (Wildman–Crippen LogP) is 10.1. The van der Waals surface area contributed by atoms with Crippen LogP contribution in [0.3, 0.4) is 0 Å². The second kappa shape index (κ2) is 8.95. The van der Waals surface area contributed by atoms with Gasteiger partial charge in [0, 0.05) is 0 Å². The maximum absolute atomic E-state index is 4.82. The third-order valence-electron chi connectivity index (χ3n) is 8.12. The number of pyridine rings is 2. The molecule has 2 nitrogen and oxygen atoms in total. The number of rotatable bonds is 2. The van der Waals surface area contributed by atoms with E-state index in [-0.39, 0.29) is 29.0 Å². The zero-order valence-corrected chi connectivity index (χ0v) is 27.0. The van der Waals surface area contributed by atoms with Crippen molar-refractivity contribution in [1.29, 1.82) is 0 Å². The van der Waals surface area contributed by atoms with E-state index in [0.717, 1.165) is 11.4 Å². The summed E-state index contributed by atoms with van der Waals surface area (Å²) in [5.74, 6) is 0. The molecule has 0 unspecified atom stereocenters. The van der Waals surface area contributed by atoms with E-state index < -0.39 is 0 Å². The normalized spacial score (nSPS) is 12.3. The third-order valence-corrected chi connectivity index (χ3v) is 15.3. The number of fused-ring (bicyclic) bond motifs is 9. The monoisotopic (exact) mass is 702 g/mol. The zero-order valence-electron chi connectivity index (χ0n) is 21.9. The second-order valence-corrected chi connectivity index (χ2v) is 17.3. The van der Waals surface area contributed by atoms with Gasteiger partial charge in [0.2, 0.25) is 0 Å². The fraction of sp³-hybridized carbons (Fsp3) is 0. The van der Waals surface area contributed by atoms with E-state index in [2.05, 4.69) is 97.1 Å². The summed E-state index contributed by atoms with van der Waals surface area (Å²) in [6, 6.07) is 36.0. The molecule has 0 radical (unpaired) electrons. The van der Waals surface area contributed by atoms with Crippen molar-refractivity contribution in [2.24, 2.45) is 0 Å². The van der Waals surface area contributed by atoms with E-state index in [1.54, 1.807) is 0 Å². The molecule has 0 bridgehead atoms. The molecule has 10 rings (SSSR count). The van der Waals surface area contributed by atoms with Crippen LogP contribution in [0.5, 0.6) is 0 Å². The van der Waals surface area contributed by atoms with E-state index in [4.69, 9.17) is 9.97 Å². The molecule has 0 N–H and O–H groups in total. The van der Waals surface area contributed by atoms with Gasteiger partial charge in [-0.3, -0.25) is 0 Å². The summed E-state index contributed by atoms with van der Waals surface area (Å²) in [6.45, 7) is 0. The summed E-state index contributed by atoms with van der Waals surface area (Å²) in [4.78, 5) is 9.64. The topological polar surface area (TPSA) is 25.8 Å². The number of benzene rings is 4. The van der Waals surface area contributed by atoms with Gasteiger partial charge in [-0.15, -0.1) is 0 Å². The fourth-order valence-corrected chi connectivity index (χ4v) is 13.1. The molecule has 196 valence electrons. The maximum atomic E-state index is 4.82. The molecule has 6 heterocycles. The average molecular weight is 701 g/mol. The van der Waals surface area contributed by atoms with Gasteiger partial charge in [0.1, 0.15) is 0 Å². The van der Waals surface area contributed by atoms with Crippen molar-refractivity contribution in [1.82, 2.24) is 9.97 Å². The first-order valence-electron chi connectivity index (χ1n) is 13.7. The molecule has 6 aromatic heterocycles. The molecule has 10 aromatic rings. The first-order valence-corrected chi connectivity index (χ1v) is 18.8. The molecule has 0 spiro atoms. The quantitative estimate of drug-likeness (QED) is 0.168. The molecule has 4 aromatic carbocycles. The molecule has 0 fully saturated rings. The Morgan fingerprint density at radius 3 is 1.38 bits per heavy atom. The van der Waals surface area contributed by atoms with Crippen LogP contribution in [-0.2, 0) is 0 Å². The van der Waals surface area contributed by atoms with Gasteiger partial charge in [-0.25, -0.2) is 0 Å². The van der Waals surface area contributed by atoms with Crippen molar-refractivity contribution in [3.63, 3.8) is 0 Å². The molecule has 0 atom stereocenters. The second-order valence-electron chi connectivity index (χ2n) is 10.7. The van der Waals surface area contributed by atoms with Gasteiger partial charge in [0.15, 0.2) is 0 Å². The van der Waals surface area contributed by atoms with E-state index in [9.17, 15) is 0 Å². The molecule has 0 saturated heterocycles. The van der Waals surface area contributed by atoms with E-state index in [1.807, 2.05) is 35.1 Å². The number of thiophene rings is 2. The Balaban J connectivity index is 1.09. The molecule has 42 heavy (non-hydrogen) atoms. The van der Waals surface area contributed by atoms with Crippen molar-refractivity contribution >= 4 is 122 Å². The average Bonchev–Trinajstić information content (AvgIpc) is 3.80. The Bertz CT molecular complexity index is 2520. The molecule has 0 saturated carbocycles. The van der Waals surface area contributed by atoms with Gasteiger partial charge >= 0.3 is 262 Å². The van der Waals surface area contributed by atoms with Gasteiger partial charge in [-0.2, -0.15) is 0 Å². The van der Waals surface area contributed by atoms with Crippen molar-refractivity contribution < 1.29 is 0 Å². The van der Waals surface area contributed by atoms with Crippen LogP contribution in [-0.4, -0.2) is 39.0 Å². The van der Waals surface area contributed by atoms with E-state index >= 15 is 0 Å². The summed E-state index contributed by atoms with van der Waals surface area (Å²) in [6.07, 6.45) is 4.03. The molecule has 0 aliphatic carbocycles. The summed E-state index contributed by atoms with van der Waals surface area (Å²) >= 11 is 4.42. The van der Waals surface area contributed by atoms with Crippen LogP contribution < -0.4 is 0 Å². The van der Waals surface area contributed by atoms with Crippen LogP contribution in [0.15, 0.2) is 109 Å². The predicted molar refractivity (Wildman–Crippen MR) is 185 cm³/mol. The van der Waals surface area contributed by atoms with Crippen molar-refractivity contribution in [2.45, 2.75) is 0 Å². The minimum absolute atomic E-state index is 0.256. The van der Waals surface area contributed by atoms with Gasteiger partial charge in [-0.1, -0.05) is 0 Å². The van der Waals surface area contributed by atoms with Crippen LogP contribution in [0.4, 0.5) is 0 Å². The Morgan fingerprint density at radius 1 is 0.452 bits per heavy atom. The van der Waals surface area contributed by atoms with Crippen LogP contribution in [0, 0.1) is 0 Å². The number of hydrogen-bond acceptors (Lipinski definition) is 4. The summed E-state index contributed by atoms with van der Waals surface area (Å²) < 4.78 is 11.3. The van der Waals surface area contributed by atoms with Crippen LogP contribution >= 0.6 is 22.7 Å². The molecule has 0 aliphatic heterocycles. The van der Waals surface area contributed by atoms with Gasteiger partial charge in [0.25, 0.3) is 0 Å². The molecular formula is C36H18N2S2Se2. The van der Waals surface area contributed by atoms with Gasteiger partial charge in [0.05, 0.1) is 0 Å². The Kier molecular flexibility index (Phi) is 5.10. The SMILES string of the molecule is c1ccc2cc(-c3cc4cc5sc6c7cc8[se]c(-c9cc%10ccccc%10cn9)cc8cc7sc6c5cc4[se]3)ncc2c1. The first-order chi connectivity index (χ1) is 20.7. The van der Waals surface area contributed by atoms with Crippen LogP contribution in [0.1, 0.15) is 0 Å². The van der Waals surface area contributed by atoms with Crippen molar-refractivity contribution in [3.05, 3.63) is 109 Å². The van der Waals surface area contributed by atoms with Crippen LogP contribution in [0.2, 0.25) is 0 Å². The van der Waals surface area contributed by atoms with E-state index in [1.165, 1.54) is 79.3 Å². The Morgan fingerprint density at radius 2 is 0.905 bits per heavy atom. The number of hydrogen-bond donors (Lipinski definition) is 0. The van der Waals surface area contributed by atoms with E-state index in [0.29, 0.717) is 0 Å². The molecule has 0 amide bonds. The molecule has 0 aliphatic rings. The first kappa shape index (κ1) is 23.9. The standard InChI is InChI=1S/C36H18N2S2Se2/c1-3-7-21-17-37-27(9-19(21)5-1)33-13-23-11-29-25(15-31(23)41-33)35-36(39-29)26-16-32-24(12-30(26)40-35)14-34(42-32)28-10-20-6-2-4-8-22(20)18-38-28/h1-18H. The summed E-state index contributed by atoms with van der Waals surface area (Å²) in [5.41, 5.74) is 2.23. The van der Waals surface area contributed by atoms with Crippen molar-refractivity contribution in [2.75, 3.05) is 0 Å². The van der Waals surface area contributed by atoms with Gasteiger partial charge < -0.3 is 0 Å². The minimum atomic E-state index is 0.256. The molecule has 6 heteroatoms. The van der Waals surface area contributed by atoms with Gasteiger partial charge in [-0.05, 0) is 0 Å². The number of aromatic nitrogens is 2. The summed E-state index contributed by atoms with van der Waals surface area (Å²) in [5, 5.41) is 10.5. The zero-order chi connectivity index (χ0) is 27.4. The Hall–Kier alpha value is -3.60. The van der Waals surface area contributed by atoms with Crippen molar-refractivity contribution in [3.8, 4) is 20.3 Å². The fourth-order valence-electron chi connectivity index (χ4n) is 6.01. The third kappa shape index (κ3) is 3.61. The van der Waals surface area contributed by atoms with Crippen LogP contribution in [0.25, 0.3) is 90.7 Å². The number of nitrogens with zero attached hydrogens (tertiary/aromatic N) is 2. The Labute approximate surface area is 260 Å². The summed E-state index contributed by atoms with van der Waals surface area (Å²) in [7, 11) is 0.